The lowest BCUT2D eigenvalue weighted by Crippen LogP contribution is -2.43. The Morgan fingerprint density at radius 3 is 2.42 bits per heavy atom. The highest BCUT2D eigenvalue weighted by Gasteiger charge is 2.26. The molecule has 1 aromatic carbocycles. The maximum atomic E-state index is 12.4. The van der Waals surface area contributed by atoms with E-state index in [4.69, 9.17) is 4.42 Å². The van der Waals surface area contributed by atoms with Gasteiger partial charge in [-0.2, -0.15) is 0 Å². The molecule has 1 aromatic heterocycles. The summed E-state index contributed by atoms with van der Waals surface area (Å²) in [6.45, 7) is 10.7. The lowest BCUT2D eigenvalue weighted by Gasteiger charge is -2.32. The molecule has 0 spiro atoms. The number of amides is 1. The number of carbonyl (C=O) groups is 1. The molecule has 9 heteroatoms. The smallest absolute Gasteiger partial charge is 0.287 e. The number of benzene rings is 1. The van der Waals surface area contributed by atoms with Crippen LogP contribution in [0.15, 0.2) is 45.9 Å². The number of hydrogen-bond acceptors (Lipinski definition) is 6. The molecule has 1 aliphatic heterocycles. The number of nitrogens with zero attached hydrogens (tertiary/aromatic N) is 2. The maximum Gasteiger partial charge on any atom is 0.287 e. The van der Waals surface area contributed by atoms with Gasteiger partial charge < -0.3 is 14.6 Å². The molecule has 0 aliphatic carbocycles. The molecule has 1 saturated heterocycles. The summed E-state index contributed by atoms with van der Waals surface area (Å²) in [5.74, 6) is -0.496. The molecule has 2 heterocycles. The normalized spacial score (nSPS) is 16.4. The first-order valence-corrected chi connectivity index (χ1v) is 11.9. The molecular formula is C22H32N4O4S. The molecule has 2 aromatic rings. The van der Waals surface area contributed by atoms with E-state index in [0.717, 1.165) is 38.3 Å². The first-order valence-electron chi connectivity index (χ1n) is 10.4. The topological polar surface area (TPSA) is 94.9 Å². The fraction of sp³-hybridized carbons (Fsp3) is 0.500. The monoisotopic (exact) mass is 448 g/mol. The predicted octanol–water partition coefficient (Wildman–Crippen LogP) is 2.03. The minimum Gasteiger partial charge on any atom is -0.438 e. The van der Waals surface area contributed by atoms with Crippen LogP contribution in [0.2, 0.25) is 0 Å². The van der Waals surface area contributed by atoms with Crippen LogP contribution in [-0.4, -0.2) is 62.9 Å². The second kappa shape index (κ2) is 9.52. The minimum absolute atomic E-state index is 0.0390. The van der Waals surface area contributed by atoms with E-state index in [0.29, 0.717) is 6.54 Å². The van der Waals surface area contributed by atoms with Gasteiger partial charge in [0.1, 0.15) is 0 Å². The fourth-order valence-corrected chi connectivity index (χ4v) is 4.77. The molecule has 0 radical (unpaired) electrons. The second-order valence-corrected chi connectivity index (χ2v) is 10.7. The van der Waals surface area contributed by atoms with Gasteiger partial charge in [-0.15, -0.1) is 0 Å². The number of piperazine rings is 1. The van der Waals surface area contributed by atoms with E-state index in [9.17, 15) is 13.2 Å². The fourth-order valence-electron chi connectivity index (χ4n) is 3.41. The van der Waals surface area contributed by atoms with Gasteiger partial charge in [-0.3, -0.25) is 9.69 Å². The van der Waals surface area contributed by atoms with Crippen molar-refractivity contribution in [3.8, 4) is 0 Å². The van der Waals surface area contributed by atoms with Crippen molar-refractivity contribution >= 4 is 15.9 Å². The van der Waals surface area contributed by atoms with Gasteiger partial charge in [0.2, 0.25) is 5.09 Å². The van der Waals surface area contributed by atoms with Crippen molar-refractivity contribution in [2.45, 2.75) is 44.5 Å². The van der Waals surface area contributed by atoms with Crippen LogP contribution in [-0.2, 0) is 23.1 Å². The first-order chi connectivity index (χ1) is 14.5. The number of likely N-dealkylation sites (N-methyl/N-ethyl adjacent to an activating group) is 1. The van der Waals surface area contributed by atoms with Crippen LogP contribution in [0.25, 0.3) is 0 Å². The van der Waals surface area contributed by atoms with E-state index in [1.54, 1.807) is 20.8 Å². The lowest BCUT2D eigenvalue weighted by molar-refractivity contribution is 0.0917. The molecule has 0 bridgehead atoms. The Labute approximate surface area is 184 Å². The van der Waals surface area contributed by atoms with Gasteiger partial charge in [-0.25, -0.2) is 13.1 Å². The van der Waals surface area contributed by atoms with E-state index >= 15 is 0 Å². The van der Waals surface area contributed by atoms with Crippen molar-refractivity contribution in [3.05, 3.63) is 53.3 Å². The summed E-state index contributed by atoms with van der Waals surface area (Å²) < 4.78 is 32.5. The Morgan fingerprint density at radius 1 is 1.06 bits per heavy atom. The molecule has 1 fully saturated rings. The van der Waals surface area contributed by atoms with E-state index in [-0.39, 0.29) is 10.9 Å². The summed E-state index contributed by atoms with van der Waals surface area (Å²) in [6.07, 6.45) is 0. The highest BCUT2D eigenvalue weighted by atomic mass is 32.2. The molecule has 8 nitrogen and oxygen atoms in total. The summed E-state index contributed by atoms with van der Waals surface area (Å²) >= 11 is 0. The van der Waals surface area contributed by atoms with Crippen molar-refractivity contribution in [2.24, 2.45) is 0 Å². The average molecular weight is 449 g/mol. The highest BCUT2D eigenvalue weighted by molar-refractivity contribution is 7.89. The highest BCUT2D eigenvalue weighted by Crippen LogP contribution is 2.17. The summed E-state index contributed by atoms with van der Waals surface area (Å²) in [6, 6.07) is 10.8. The minimum atomic E-state index is -3.83. The number of nitrogens with one attached hydrogen (secondary N) is 2. The van der Waals surface area contributed by atoms with Crippen molar-refractivity contribution < 1.29 is 17.6 Å². The number of carbonyl (C=O) groups excluding carboxylic acids is 1. The molecule has 3 rings (SSSR count). The summed E-state index contributed by atoms with van der Waals surface area (Å²) in [5.41, 5.74) is 1.54. The lowest BCUT2D eigenvalue weighted by atomic mass is 10.1. The van der Waals surface area contributed by atoms with E-state index in [1.807, 2.05) is 12.1 Å². The molecule has 0 saturated carbocycles. The molecule has 0 atom stereocenters. The molecule has 2 N–H and O–H groups in total. The van der Waals surface area contributed by atoms with Crippen molar-refractivity contribution in [3.63, 3.8) is 0 Å². The van der Waals surface area contributed by atoms with Gasteiger partial charge in [-0.05, 0) is 51.1 Å². The Balaban J connectivity index is 1.57. The van der Waals surface area contributed by atoms with E-state index in [2.05, 4.69) is 39.0 Å². The third-order valence-electron chi connectivity index (χ3n) is 4.96. The summed E-state index contributed by atoms with van der Waals surface area (Å²) in [5, 5.41) is 2.52. The third-order valence-corrected chi connectivity index (χ3v) is 6.59. The Morgan fingerprint density at radius 2 is 1.74 bits per heavy atom. The Kier molecular flexibility index (Phi) is 7.20. The van der Waals surface area contributed by atoms with Crippen LogP contribution >= 0.6 is 0 Å². The standard InChI is InChI=1S/C22H32N4O4S/c1-22(2,3)24-31(28,29)20-9-8-19(30-20)21(27)23-15-17-6-5-7-18(14-17)16-26-12-10-25(4)11-13-26/h5-9,14,24H,10-13,15-16H2,1-4H3,(H,23,27). The average Bonchev–Trinajstić information content (AvgIpc) is 3.18. The van der Waals surface area contributed by atoms with E-state index < -0.39 is 21.5 Å². The summed E-state index contributed by atoms with van der Waals surface area (Å²) in [4.78, 5) is 17.2. The Hall–Kier alpha value is -2.20. The number of sulfonamides is 1. The zero-order valence-corrected chi connectivity index (χ0v) is 19.5. The summed E-state index contributed by atoms with van der Waals surface area (Å²) in [7, 11) is -1.69. The zero-order valence-electron chi connectivity index (χ0n) is 18.6. The number of hydrogen-bond donors (Lipinski definition) is 2. The van der Waals surface area contributed by atoms with Crippen molar-refractivity contribution in [1.29, 1.82) is 0 Å². The first kappa shape index (κ1) is 23.5. The van der Waals surface area contributed by atoms with Crippen LogP contribution in [0.1, 0.15) is 42.5 Å². The maximum absolute atomic E-state index is 12.4. The molecule has 1 aliphatic rings. The van der Waals surface area contributed by atoms with Crippen molar-refractivity contribution in [2.75, 3.05) is 33.2 Å². The quantitative estimate of drug-likeness (QED) is 0.673. The number of rotatable bonds is 7. The zero-order chi connectivity index (χ0) is 22.6. The predicted molar refractivity (Wildman–Crippen MR) is 119 cm³/mol. The molecular weight excluding hydrogens is 416 g/mol. The van der Waals surface area contributed by atoms with Crippen LogP contribution in [0, 0.1) is 0 Å². The third kappa shape index (κ3) is 6.90. The Bertz CT molecular complexity index is 1000. The molecule has 31 heavy (non-hydrogen) atoms. The van der Waals surface area contributed by atoms with Crippen LogP contribution < -0.4 is 10.0 Å². The molecule has 0 unspecified atom stereocenters. The number of furan rings is 1. The van der Waals surface area contributed by atoms with Crippen LogP contribution in [0.3, 0.4) is 0 Å². The van der Waals surface area contributed by atoms with Gasteiger partial charge in [0.05, 0.1) is 0 Å². The van der Waals surface area contributed by atoms with Gasteiger partial charge in [0, 0.05) is 44.8 Å². The van der Waals surface area contributed by atoms with Crippen LogP contribution in [0.5, 0.6) is 0 Å². The van der Waals surface area contributed by atoms with Crippen molar-refractivity contribution in [1.82, 2.24) is 19.8 Å². The van der Waals surface area contributed by atoms with Gasteiger partial charge in [0.15, 0.2) is 5.76 Å². The molecule has 1 amide bonds. The largest absolute Gasteiger partial charge is 0.438 e. The van der Waals surface area contributed by atoms with Crippen LogP contribution in [0.4, 0.5) is 0 Å². The van der Waals surface area contributed by atoms with E-state index in [1.165, 1.54) is 17.7 Å². The SMILES string of the molecule is CN1CCN(Cc2cccc(CNC(=O)c3ccc(S(=O)(=O)NC(C)(C)C)o3)c2)CC1. The molecule has 170 valence electrons. The van der Waals surface area contributed by atoms with Gasteiger partial charge >= 0.3 is 0 Å². The van der Waals surface area contributed by atoms with Gasteiger partial charge in [-0.1, -0.05) is 24.3 Å². The van der Waals surface area contributed by atoms with Gasteiger partial charge in [0.25, 0.3) is 15.9 Å². The second-order valence-electron chi connectivity index (χ2n) is 9.06.